The molecule has 0 aliphatic carbocycles. The second-order valence-corrected chi connectivity index (χ2v) is 9.38. The van der Waals surface area contributed by atoms with Crippen LogP contribution in [0.5, 0.6) is 0 Å². The summed E-state index contributed by atoms with van der Waals surface area (Å²) < 4.78 is 6.01. The Morgan fingerprint density at radius 2 is 1.17 bits per heavy atom. The molecule has 1 aliphatic rings. The summed E-state index contributed by atoms with van der Waals surface area (Å²) in [4.78, 5) is 4.96. The topological polar surface area (TPSA) is 21.6 Å². The first-order valence-electron chi connectivity index (χ1n) is 10.2. The Labute approximate surface area is 178 Å². The molecule has 0 spiro atoms. The molecule has 30 heavy (non-hydrogen) atoms. The SMILES string of the molecule is c1ccc(C2=N[C@@H](c3ccccc3P(c3ccccc3)c3ccccc3)CO2)cc1. The summed E-state index contributed by atoms with van der Waals surface area (Å²) in [5.41, 5.74) is 2.29. The molecule has 0 radical (unpaired) electrons. The van der Waals surface area contributed by atoms with Crippen LogP contribution in [0.1, 0.15) is 17.2 Å². The highest BCUT2D eigenvalue weighted by Gasteiger charge is 2.27. The second kappa shape index (κ2) is 8.65. The van der Waals surface area contributed by atoms with E-state index >= 15 is 0 Å². The minimum absolute atomic E-state index is 0.00818. The molecular weight excluding hydrogens is 385 g/mol. The van der Waals surface area contributed by atoms with Crippen molar-refractivity contribution in [2.24, 2.45) is 4.99 Å². The molecule has 4 aromatic rings. The van der Waals surface area contributed by atoms with Gasteiger partial charge in [0.15, 0.2) is 0 Å². The molecule has 1 atom stereocenters. The maximum absolute atomic E-state index is 6.01. The molecule has 1 heterocycles. The number of rotatable bonds is 5. The maximum atomic E-state index is 6.01. The predicted octanol–water partition coefficient (Wildman–Crippen LogP) is 4.96. The van der Waals surface area contributed by atoms with E-state index in [1.807, 2.05) is 30.3 Å². The number of aliphatic imine (C=N–C) groups is 1. The number of nitrogens with zero attached hydrogens (tertiary/aromatic N) is 1. The molecule has 0 aromatic heterocycles. The van der Waals surface area contributed by atoms with Gasteiger partial charge in [0.1, 0.15) is 12.6 Å². The van der Waals surface area contributed by atoms with Crippen LogP contribution in [0.2, 0.25) is 0 Å². The Hall–Kier alpha value is -3.22. The number of hydrogen-bond acceptors (Lipinski definition) is 2. The highest BCUT2D eigenvalue weighted by atomic mass is 31.1. The highest BCUT2D eigenvalue weighted by Crippen LogP contribution is 2.37. The van der Waals surface area contributed by atoms with Crippen LogP contribution in [-0.2, 0) is 4.74 Å². The summed E-state index contributed by atoms with van der Waals surface area (Å²) in [6, 6.07) is 40.5. The van der Waals surface area contributed by atoms with Crippen LogP contribution in [0.3, 0.4) is 0 Å². The van der Waals surface area contributed by atoms with Crippen molar-refractivity contribution in [2.45, 2.75) is 6.04 Å². The largest absolute Gasteiger partial charge is 0.475 e. The molecule has 0 bridgehead atoms. The average Bonchev–Trinajstić information content (AvgIpc) is 3.32. The van der Waals surface area contributed by atoms with Crippen LogP contribution in [0.4, 0.5) is 0 Å². The minimum atomic E-state index is -0.676. The van der Waals surface area contributed by atoms with Gasteiger partial charge in [0.05, 0.1) is 0 Å². The monoisotopic (exact) mass is 407 g/mol. The summed E-state index contributed by atoms with van der Waals surface area (Å²) >= 11 is 0. The van der Waals surface area contributed by atoms with Crippen LogP contribution in [0.25, 0.3) is 0 Å². The molecule has 1 aliphatic heterocycles. The fourth-order valence-electron chi connectivity index (χ4n) is 3.83. The van der Waals surface area contributed by atoms with Gasteiger partial charge in [0.2, 0.25) is 5.90 Å². The molecular formula is C27H22NOP. The van der Waals surface area contributed by atoms with E-state index in [1.54, 1.807) is 0 Å². The Bertz CT molecular complexity index is 1100. The van der Waals surface area contributed by atoms with Gasteiger partial charge in [-0.05, 0) is 41.5 Å². The molecule has 0 amide bonds. The molecule has 0 fully saturated rings. The van der Waals surface area contributed by atoms with Gasteiger partial charge in [-0.1, -0.05) is 103 Å². The molecule has 5 rings (SSSR count). The summed E-state index contributed by atoms with van der Waals surface area (Å²) in [6.07, 6.45) is 0. The van der Waals surface area contributed by atoms with Gasteiger partial charge in [-0.2, -0.15) is 0 Å². The third-order valence-electron chi connectivity index (χ3n) is 5.24. The Balaban J connectivity index is 1.59. The first-order chi connectivity index (χ1) is 14.9. The molecule has 0 saturated carbocycles. The lowest BCUT2D eigenvalue weighted by Gasteiger charge is -2.23. The summed E-state index contributed by atoms with van der Waals surface area (Å²) in [7, 11) is -0.676. The van der Waals surface area contributed by atoms with E-state index in [0.717, 1.165) is 11.5 Å². The Kier molecular flexibility index (Phi) is 5.42. The molecule has 2 nitrogen and oxygen atoms in total. The van der Waals surface area contributed by atoms with E-state index in [4.69, 9.17) is 9.73 Å². The zero-order valence-electron chi connectivity index (χ0n) is 16.6. The molecule has 0 unspecified atom stereocenters. The van der Waals surface area contributed by atoms with Crippen molar-refractivity contribution < 1.29 is 4.74 Å². The van der Waals surface area contributed by atoms with E-state index in [9.17, 15) is 0 Å². The van der Waals surface area contributed by atoms with Crippen LogP contribution in [0.15, 0.2) is 120 Å². The van der Waals surface area contributed by atoms with E-state index in [-0.39, 0.29) is 6.04 Å². The second-order valence-electron chi connectivity index (χ2n) is 7.19. The predicted molar refractivity (Wildman–Crippen MR) is 127 cm³/mol. The lowest BCUT2D eigenvalue weighted by molar-refractivity contribution is 0.320. The van der Waals surface area contributed by atoms with Crippen LogP contribution in [-0.4, -0.2) is 12.5 Å². The van der Waals surface area contributed by atoms with Crippen molar-refractivity contribution in [1.29, 1.82) is 0 Å². The van der Waals surface area contributed by atoms with Gasteiger partial charge in [-0.25, -0.2) is 4.99 Å². The fourth-order valence-corrected chi connectivity index (χ4v) is 6.34. The third kappa shape index (κ3) is 3.79. The van der Waals surface area contributed by atoms with Crippen LogP contribution < -0.4 is 15.9 Å². The lowest BCUT2D eigenvalue weighted by atomic mass is 10.1. The lowest BCUT2D eigenvalue weighted by Crippen LogP contribution is -2.24. The minimum Gasteiger partial charge on any atom is -0.475 e. The van der Waals surface area contributed by atoms with Crippen molar-refractivity contribution in [3.8, 4) is 0 Å². The quantitative estimate of drug-likeness (QED) is 0.429. The van der Waals surface area contributed by atoms with Crippen LogP contribution in [0, 0.1) is 0 Å². The summed E-state index contributed by atoms with van der Waals surface area (Å²) in [5, 5.41) is 4.03. The zero-order chi connectivity index (χ0) is 20.2. The van der Waals surface area contributed by atoms with E-state index in [2.05, 4.69) is 84.9 Å². The summed E-state index contributed by atoms with van der Waals surface area (Å²) in [5.74, 6) is 0.735. The van der Waals surface area contributed by atoms with Crippen molar-refractivity contribution in [2.75, 3.05) is 6.61 Å². The number of ether oxygens (including phenoxy) is 1. The Morgan fingerprint density at radius 3 is 1.80 bits per heavy atom. The average molecular weight is 407 g/mol. The van der Waals surface area contributed by atoms with Gasteiger partial charge >= 0.3 is 0 Å². The van der Waals surface area contributed by atoms with Gasteiger partial charge in [0.25, 0.3) is 0 Å². The molecule has 146 valence electrons. The molecule has 0 saturated heterocycles. The maximum Gasteiger partial charge on any atom is 0.216 e. The van der Waals surface area contributed by atoms with Crippen molar-refractivity contribution in [1.82, 2.24) is 0 Å². The van der Waals surface area contributed by atoms with Crippen molar-refractivity contribution in [3.05, 3.63) is 126 Å². The summed E-state index contributed by atoms with van der Waals surface area (Å²) in [6.45, 7) is 0.577. The number of hydrogen-bond donors (Lipinski definition) is 0. The zero-order valence-corrected chi connectivity index (χ0v) is 17.5. The standard InChI is InChI=1S/C27H22NOP/c1-4-12-21(13-5-1)27-28-25(20-29-27)24-18-10-11-19-26(24)30(22-14-6-2-7-15-22)23-16-8-3-9-17-23/h1-19,25H,20H2/t25-/m1/s1. The molecule has 4 aromatic carbocycles. The molecule has 0 N–H and O–H groups in total. The third-order valence-corrected chi connectivity index (χ3v) is 7.76. The fraction of sp³-hybridized carbons (Fsp3) is 0.0741. The highest BCUT2D eigenvalue weighted by molar-refractivity contribution is 7.79. The van der Waals surface area contributed by atoms with Gasteiger partial charge in [0, 0.05) is 5.56 Å². The smallest absolute Gasteiger partial charge is 0.216 e. The van der Waals surface area contributed by atoms with Crippen molar-refractivity contribution >= 4 is 29.7 Å². The van der Waals surface area contributed by atoms with Gasteiger partial charge < -0.3 is 4.74 Å². The van der Waals surface area contributed by atoms with Crippen molar-refractivity contribution in [3.63, 3.8) is 0 Å². The van der Waals surface area contributed by atoms with Gasteiger partial charge in [-0.3, -0.25) is 0 Å². The van der Waals surface area contributed by atoms with E-state index < -0.39 is 7.92 Å². The van der Waals surface area contributed by atoms with E-state index in [0.29, 0.717) is 6.61 Å². The van der Waals surface area contributed by atoms with Gasteiger partial charge in [-0.15, -0.1) is 0 Å². The Morgan fingerprint density at radius 1 is 0.633 bits per heavy atom. The first kappa shape index (κ1) is 18.8. The molecule has 3 heteroatoms. The van der Waals surface area contributed by atoms with Crippen LogP contribution >= 0.6 is 7.92 Å². The normalized spacial score (nSPS) is 15.6. The van der Waals surface area contributed by atoms with E-state index in [1.165, 1.54) is 21.5 Å². The number of benzene rings is 4. The first-order valence-corrected chi connectivity index (χ1v) is 11.5.